The van der Waals surface area contributed by atoms with Crippen LogP contribution in [0.25, 0.3) is 10.2 Å². The topological polar surface area (TPSA) is 64.1 Å². The maximum atomic E-state index is 13.6. The van der Waals surface area contributed by atoms with Gasteiger partial charge < -0.3 is 14.2 Å². The number of benzene rings is 2. The van der Waals surface area contributed by atoms with Gasteiger partial charge in [0.25, 0.3) is 0 Å². The quantitative estimate of drug-likeness (QED) is 0.454. The van der Waals surface area contributed by atoms with Crippen molar-refractivity contribution in [1.82, 2.24) is 9.88 Å². The molecule has 0 unspecified atom stereocenters. The van der Waals surface area contributed by atoms with Crippen LogP contribution in [0.5, 0.6) is 11.5 Å². The van der Waals surface area contributed by atoms with Crippen molar-refractivity contribution in [2.24, 2.45) is 0 Å². The first-order valence-corrected chi connectivity index (χ1v) is 12.5. The van der Waals surface area contributed by atoms with Crippen LogP contribution in [0.15, 0.2) is 30.3 Å². The zero-order chi connectivity index (χ0) is 24.1. The van der Waals surface area contributed by atoms with E-state index >= 15 is 0 Å². The average Bonchev–Trinajstić information content (AvgIpc) is 3.29. The third-order valence-electron chi connectivity index (χ3n) is 6.32. The van der Waals surface area contributed by atoms with E-state index < -0.39 is 0 Å². The van der Waals surface area contributed by atoms with Gasteiger partial charge in [-0.3, -0.25) is 14.6 Å². The van der Waals surface area contributed by atoms with Crippen LogP contribution in [0, 0.1) is 13.8 Å². The first-order chi connectivity index (χ1) is 16.5. The fourth-order valence-electron chi connectivity index (χ4n) is 4.18. The summed E-state index contributed by atoms with van der Waals surface area (Å²) in [5, 5.41) is 0.675. The van der Waals surface area contributed by atoms with E-state index in [4.69, 9.17) is 19.2 Å². The summed E-state index contributed by atoms with van der Waals surface area (Å²) in [7, 11) is 3.27. The third kappa shape index (κ3) is 5.51. The number of hydrogen-bond acceptors (Lipinski definition) is 7. The molecule has 1 aromatic heterocycles. The maximum absolute atomic E-state index is 13.6. The Morgan fingerprint density at radius 2 is 1.82 bits per heavy atom. The lowest BCUT2D eigenvalue weighted by molar-refractivity contribution is -0.118. The van der Waals surface area contributed by atoms with E-state index in [0.717, 1.165) is 60.8 Å². The second kappa shape index (κ2) is 11.2. The van der Waals surface area contributed by atoms with Crippen LogP contribution in [0.1, 0.15) is 23.1 Å². The van der Waals surface area contributed by atoms with Gasteiger partial charge in [-0.25, -0.2) is 4.98 Å². The van der Waals surface area contributed by atoms with E-state index in [-0.39, 0.29) is 5.91 Å². The Labute approximate surface area is 205 Å². The summed E-state index contributed by atoms with van der Waals surface area (Å²) in [6, 6.07) is 9.95. The summed E-state index contributed by atoms with van der Waals surface area (Å²) < 4.78 is 17.4. The minimum Gasteiger partial charge on any atom is -0.495 e. The van der Waals surface area contributed by atoms with Crippen LogP contribution in [-0.2, 0) is 16.0 Å². The number of anilines is 1. The van der Waals surface area contributed by atoms with Crippen LogP contribution in [0.2, 0.25) is 0 Å². The van der Waals surface area contributed by atoms with Crippen LogP contribution in [0.4, 0.5) is 5.13 Å². The Morgan fingerprint density at radius 1 is 1.09 bits per heavy atom. The Hall–Kier alpha value is -2.68. The molecule has 0 spiro atoms. The summed E-state index contributed by atoms with van der Waals surface area (Å²) in [6.07, 6.45) is 1.20. The monoisotopic (exact) mass is 483 g/mol. The Morgan fingerprint density at radius 3 is 2.53 bits per heavy atom. The molecule has 0 aliphatic carbocycles. The number of aryl methyl sites for hydroxylation is 2. The number of aromatic nitrogens is 1. The number of carbonyl (C=O) groups is 1. The number of thiazole rings is 1. The normalized spacial score (nSPS) is 14.4. The molecule has 1 amide bonds. The van der Waals surface area contributed by atoms with Gasteiger partial charge in [-0.15, -0.1) is 0 Å². The zero-order valence-corrected chi connectivity index (χ0v) is 21.2. The molecule has 2 aromatic carbocycles. The Bertz CT molecular complexity index is 1100. The number of morpholine rings is 1. The predicted octanol–water partition coefficient (Wildman–Crippen LogP) is 4.23. The molecule has 0 bridgehead atoms. The van der Waals surface area contributed by atoms with Crippen molar-refractivity contribution in [3.8, 4) is 11.5 Å². The van der Waals surface area contributed by atoms with Crippen LogP contribution in [-0.4, -0.2) is 69.4 Å². The lowest BCUT2D eigenvalue weighted by atomic mass is 10.0. The lowest BCUT2D eigenvalue weighted by Gasteiger charge is -2.27. The molecule has 2 heterocycles. The molecule has 1 saturated heterocycles. The smallest absolute Gasteiger partial charge is 0.233 e. The van der Waals surface area contributed by atoms with Gasteiger partial charge in [-0.2, -0.15) is 0 Å². The van der Waals surface area contributed by atoms with Gasteiger partial charge in [0.1, 0.15) is 21.7 Å². The highest BCUT2D eigenvalue weighted by Crippen LogP contribution is 2.40. The highest BCUT2D eigenvalue weighted by molar-refractivity contribution is 7.22. The van der Waals surface area contributed by atoms with Crippen LogP contribution < -0.4 is 14.4 Å². The van der Waals surface area contributed by atoms with E-state index in [9.17, 15) is 4.79 Å². The van der Waals surface area contributed by atoms with E-state index in [1.165, 1.54) is 22.5 Å². The van der Waals surface area contributed by atoms with E-state index in [2.05, 4.69) is 30.9 Å². The molecule has 7 nitrogen and oxygen atoms in total. The molecule has 4 rings (SSSR count). The summed E-state index contributed by atoms with van der Waals surface area (Å²) in [6.45, 7) is 9.11. The number of nitrogens with zero attached hydrogens (tertiary/aromatic N) is 3. The second-order valence-electron chi connectivity index (χ2n) is 8.59. The predicted molar refractivity (Wildman–Crippen MR) is 137 cm³/mol. The number of methoxy groups -OCH3 is 2. The fraction of sp³-hybridized carbons (Fsp3) is 0.462. The second-order valence-corrected chi connectivity index (χ2v) is 9.57. The first-order valence-electron chi connectivity index (χ1n) is 11.7. The number of ether oxygens (including phenoxy) is 3. The molecule has 0 saturated carbocycles. The van der Waals surface area contributed by atoms with Crippen molar-refractivity contribution < 1.29 is 19.0 Å². The minimum absolute atomic E-state index is 0.0437. The van der Waals surface area contributed by atoms with Crippen molar-refractivity contribution in [2.75, 3.05) is 58.5 Å². The first kappa shape index (κ1) is 24.4. The third-order valence-corrected chi connectivity index (χ3v) is 7.41. The number of fused-ring (bicyclic) bond motifs is 1. The van der Waals surface area contributed by atoms with Gasteiger partial charge in [0.2, 0.25) is 5.91 Å². The van der Waals surface area contributed by atoms with E-state index in [0.29, 0.717) is 23.8 Å². The van der Waals surface area contributed by atoms with Crippen molar-refractivity contribution in [1.29, 1.82) is 0 Å². The maximum Gasteiger partial charge on any atom is 0.233 e. The number of carbonyl (C=O) groups excluding carboxylic acids is 1. The molecule has 0 radical (unpaired) electrons. The molecule has 182 valence electrons. The number of rotatable bonds is 9. The van der Waals surface area contributed by atoms with Gasteiger partial charge in [0, 0.05) is 26.2 Å². The summed E-state index contributed by atoms with van der Waals surface area (Å²) in [4.78, 5) is 22.6. The van der Waals surface area contributed by atoms with Crippen LogP contribution in [0.3, 0.4) is 0 Å². The van der Waals surface area contributed by atoms with Gasteiger partial charge in [0.05, 0.1) is 33.9 Å². The van der Waals surface area contributed by atoms with Crippen molar-refractivity contribution in [3.05, 3.63) is 47.0 Å². The molecule has 1 aliphatic heterocycles. The number of hydrogen-bond donors (Lipinski definition) is 0. The Balaban J connectivity index is 1.60. The van der Waals surface area contributed by atoms with E-state index in [1.54, 1.807) is 14.2 Å². The highest BCUT2D eigenvalue weighted by Gasteiger charge is 2.23. The molecule has 3 aromatic rings. The molecule has 34 heavy (non-hydrogen) atoms. The molecule has 1 aliphatic rings. The van der Waals surface area contributed by atoms with Crippen LogP contribution >= 0.6 is 11.3 Å². The summed E-state index contributed by atoms with van der Waals surface area (Å²) in [5.41, 5.74) is 4.16. The molecule has 8 heteroatoms. The standard InChI is InChI=1S/C26H33N3O4S/c1-18-6-7-20(16-19(18)2)17-23(30)29(11-5-10-28-12-14-33-15-13-28)26-27-24-21(31-3)8-9-22(32-4)25(24)34-26/h6-9,16H,5,10-15,17H2,1-4H3. The minimum atomic E-state index is 0.0437. The fourth-order valence-corrected chi connectivity index (χ4v) is 5.30. The molecule has 1 fully saturated rings. The highest BCUT2D eigenvalue weighted by atomic mass is 32.1. The SMILES string of the molecule is COc1ccc(OC)c2sc(N(CCCN3CCOCC3)C(=O)Cc3ccc(C)c(C)c3)nc12. The van der Waals surface area contributed by atoms with Crippen molar-refractivity contribution in [3.63, 3.8) is 0 Å². The van der Waals surface area contributed by atoms with Gasteiger partial charge >= 0.3 is 0 Å². The van der Waals surface area contributed by atoms with Crippen molar-refractivity contribution >= 4 is 32.6 Å². The number of amides is 1. The summed E-state index contributed by atoms with van der Waals surface area (Å²) in [5.74, 6) is 1.45. The largest absolute Gasteiger partial charge is 0.495 e. The molecular weight excluding hydrogens is 450 g/mol. The van der Waals surface area contributed by atoms with E-state index in [1.807, 2.05) is 23.1 Å². The van der Waals surface area contributed by atoms with Gasteiger partial charge in [-0.1, -0.05) is 29.5 Å². The van der Waals surface area contributed by atoms with Gasteiger partial charge in [-0.05, 0) is 49.1 Å². The van der Waals surface area contributed by atoms with Crippen molar-refractivity contribution in [2.45, 2.75) is 26.7 Å². The molecular formula is C26H33N3O4S. The summed E-state index contributed by atoms with van der Waals surface area (Å²) >= 11 is 1.47. The molecule has 0 N–H and O–H groups in total. The van der Waals surface area contributed by atoms with Gasteiger partial charge in [0.15, 0.2) is 5.13 Å². The zero-order valence-electron chi connectivity index (χ0n) is 20.4. The molecule has 0 atom stereocenters. The average molecular weight is 484 g/mol. The lowest BCUT2D eigenvalue weighted by Crippen LogP contribution is -2.39. The Kier molecular flexibility index (Phi) is 8.03.